The molecule has 3 nitrogen and oxygen atoms in total. The zero-order valence-electron chi connectivity index (χ0n) is 15.5. The highest BCUT2D eigenvalue weighted by molar-refractivity contribution is 5.94. The van der Waals surface area contributed by atoms with Crippen LogP contribution in [0.3, 0.4) is 0 Å². The van der Waals surface area contributed by atoms with Crippen LogP contribution in [0.15, 0.2) is 18.2 Å². The molecule has 2 rings (SSSR count). The van der Waals surface area contributed by atoms with Crippen LogP contribution >= 0.6 is 0 Å². The Hall–Kier alpha value is -1.77. The van der Waals surface area contributed by atoms with Crippen LogP contribution in [0.2, 0.25) is 0 Å². The summed E-state index contributed by atoms with van der Waals surface area (Å²) >= 11 is 0. The molecular formula is C19H24F6N2O. The van der Waals surface area contributed by atoms with Crippen molar-refractivity contribution >= 4 is 5.91 Å². The molecule has 1 fully saturated rings. The van der Waals surface area contributed by atoms with E-state index in [-0.39, 0.29) is 18.5 Å². The lowest BCUT2D eigenvalue weighted by molar-refractivity contribution is -0.143. The standard InChI is InChI=1S/C19H24F6N2O/c1-2-7-26-16-5-3-12(4-6-16)11-27-17(28)13-8-14(18(20,21)22)10-15(9-13)19(23,24)25/h8-10,12,16,26H,2-7,11H2,1H3,(H,27,28). The Morgan fingerprint density at radius 2 is 1.50 bits per heavy atom. The molecule has 0 spiro atoms. The van der Waals surface area contributed by atoms with Crippen LogP contribution in [0.5, 0.6) is 0 Å². The molecule has 0 unspecified atom stereocenters. The summed E-state index contributed by atoms with van der Waals surface area (Å²) in [5.74, 6) is -0.764. The molecular weight excluding hydrogens is 386 g/mol. The second-order valence-electron chi connectivity index (χ2n) is 7.18. The van der Waals surface area contributed by atoms with Crippen molar-refractivity contribution in [1.29, 1.82) is 0 Å². The van der Waals surface area contributed by atoms with E-state index in [4.69, 9.17) is 0 Å². The molecule has 1 amide bonds. The van der Waals surface area contributed by atoms with Gasteiger partial charge in [0.1, 0.15) is 0 Å². The van der Waals surface area contributed by atoms with Crippen LogP contribution in [-0.2, 0) is 12.4 Å². The second kappa shape index (κ2) is 9.15. The molecule has 0 saturated heterocycles. The van der Waals surface area contributed by atoms with Crippen molar-refractivity contribution in [3.8, 4) is 0 Å². The van der Waals surface area contributed by atoms with E-state index >= 15 is 0 Å². The van der Waals surface area contributed by atoms with E-state index in [1.165, 1.54) is 0 Å². The van der Waals surface area contributed by atoms with Gasteiger partial charge in [-0.3, -0.25) is 4.79 Å². The summed E-state index contributed by atoms with van der Waals surface area (Å²) in [5.41, 5.74) is -3.62. The van der Waals surface area contributed by atoms with Crippen molar-refractivity contribution < 1.29 is 31.1 Å². The van der Waals surface area contributed by atoms with E-state index in [2.05, 4.69) is 17.6 Å². The van der Waals surface area contributed by atoms with E-state index in [9.17, 15) is 31.1 Å². The van der Waals surface area contributed by atoms with Gasteiger partial charge in [0.05, 0.1) is 11.1 Å². The third kappa shape index (κ3) is 6.39. The van der Waals surface area contributed by atoms with Gasteiger partial charge in [-0.05, 0) is 62.8 Å². The first-order valence-corrected chi connectivity index (χ1v) is 9.31. The zero-order chi connectivity index (χ0) is 20.9. The Bertz CT molecular complexity index is 631. The molecule has 1 aliphatic rings. The van der Waals surface area contributed by atoms with Gasteiger partial charge < -0.3 is 10.6 Å². The highest BCUT2D eigenvalue weighted by atomic mass is 19.4. The minimum absolute atomic E-state index is 0.0152. The molecule has 9 heteroatoms. The van der Waals surface area contributed by atoms with Crippen molar-refractivity contribution in [2.75, 3.05) is 13.1 Å². The van der Waals surface area contributed by atoms with Crippen LogP contribution in [0.25, 0.3) is 0 Å². The maximum Gasteiger partial charge on any atom is 0.416 e. The largest absolute Gasteiger partial charge is 0.416 e. The van der Waals surface area contributed by atoms with Crippen LogP contribution in [0.1, 0.15) is 60.5 Å². The molecule has 2 N–H and O–H groups in total. The average Bonchev–Trinajstić information content (AvgIpc) is 2.63. The van der Waals surface area contributed by atoms with Crippen LogP contribution in [0, 0.1) is 5.92 Å². The average molecular weight is 410 g/mol. The summed E-state index contributed by atoms with van der Waals surface area (Å²) in [6.07, 6.45) is -5.35. The Morgan fingerprint density at radius 3 is 1.96 bits per heavy atom. The van der Waals surface area contributed by atoms with Gasteiger partial charge in [0.15, 0.2) is 0 Å². The molecule has 0 bridgehead atoms. The monoisotopic (exact) mass is 410 g/mol. The fourth-order valence-electron chi connectivity index (χ4n) is 3.34. The van der Waals surface area contributed by atoms with Gasteiger partial charge in [-0.1, -0.05) is 6.92 Å². The molecule has 0 aromatic heterocycles. The van der Waals surface area contributed by atoms with Crippen LogP contribution < -0.4 is 10.6 Å². The van der Waals surface area contributed by atoms with E-state index in [0.29, 0.717) is 18.2 Å². The van der Waals surface area contributed by atoms with Gasteiger partial charge in [0, 0.05) is 18.2 Å². The first-order valence-electron chi connectivity index (χ1n) is 9.31. The summed E-state index contributed by atoms with van der Waals surface area (Å²) < 4.78 is 77.4. The molecule has 28 heavy (non-hydrogen) atoms. The minimum Gasteiger partial charge on any atom is -0.352 e. The second-order valence-corrected chi connectivity index (χ2v) is 7.18. The third-order valence-electron chi connectivity index (χ3n) is 4.93. The number of carbonyl (C=O) groups is 1. The van der Waals surface area contributed by atoms with Gasteiger partial charge >= 0.3 is 12.4 Å². The summed E-state index contributed by atoms with van der Waals surface area (Å²) in [5, 5.41) is 5.91. The van der Waals surface area contributed by atoms with Gasteiger partial charge in [-0.25, -0.2) is 0 Å². The van der Waals surface area contributed by atoms with Gasteiger partial charge in [0.2, 0.25) is 0 Å². The Kier molecular flexibility index (Phi) is 7.36. The quantitative estimate of drug-likeness (QED) is 0.647. The van der Waals surface area contributed by atoms with E-state index in [1.807, 2.05) is 0 Å². The number of benzene rings is 1. The lowest BCUT2D eigenvalue weighted by Gasteiger charge is -2.29. The molecule has 0 radical (unpaired) electrons. The van der Waals surface area contributed by atoms with Crippen molar-refractivity contribution in [2.45, 2.75) is 57.4 Å². The van der Waals surface area contributed by atoms with Gasteiger partial charge in [-0.15, -0.1) is 0 Å². The lowest BCUT2D eigenvalue weighted by atomic mass is 9.86. The van der Waals surface area contributed by atoms with Crippen molar-refractivity contribution in [3.63, 3.8) is 0 Å². The number of halogens is 6. The molecule has 0 heterocycles. The van der Waals surface area contributed by atoms with E-state index < -0.39 is 35.0 Å². The number of nitrogens with one attached hydrogen (secondary N) is 2. The SMILES string of the molecule is CCCNC1CCC(CNC(=O)c2cc(C(F)(F)F)cc(C(F)(F)F)c2)CC1. The first kappa shape index (κ1) is 22.5. The number of amides is 1. The van der Waals surface area contributed by atoms with Crippen LogP contribution in [-0.4, -0.2) is 25.0 Å². The number of hydrogen-bond donors (Lipinski definition) is 2. The summed E-state index contributed by atoms with van der Waals surface area (Å²) in [4.78, 5) is 12.2. The number of hydrogen-bond acceptors (Lipinski definition) is 2. The Labute approximate surface area is 159 Å². The van der Waals surface area contributed by atoms with Crippen molar-refractivity contribution in [3.05, 3.63) is 34.9 Å². The predicted molar refractivity (Wildman–Crippen MR) is 92.8 cm³/mol. The molecule has 0 aliphatic heterocycles. The minimum atomic E-state index is -4.97. The van der Waals surface area contributed by atoms with E-state index in [0.717, 1.165) is 38.6 Å². The number of carbonyl (C=O) groups excluding carboxylic acids is 1. The molecule has 0 atom stereocenters. The van der Waals surface area contributed by atoms with E-state index in [1.54, 1.807) is 0 Å². The summed E-state index contributed by atoms with van der Waals surface area (Å²) in [6.45, 7) is 3.24. The first-order chi connectivity index (χ1) is 13.0. The smallest absolute Gasteiger partial charge is 0.352 e. The topological polar surface area (TPSA) is 41.1 Å². The normalized spacial score (nSPS) is 20.8. The fraction of sp³-hybridized carbons (Fsp3) is 0.632. The van der Waals surface area contributed by atoms with Crippen molar-refractivity contribution in [1.82, 2.24) is 10.6 Å². The molecule has 1 aliphatic carbocycles. The Balaban J connectivity index is 2.00. The van der Waals surface area contributed by atoms with Crippen LogP contribution in [0.4, 0.5) is 26.3 Å². The van der Waals surface area contributed by atoms with Crippen molar-refractivity contribution in [2.24, 2.45) is 5.92 Å². The highest BCUT2D eigenvalue weighted by Gasteiger charge is 2.37. The highest BCUT2D eigenvalue weighted by Crippen LogP contribution is 2.36. The molecule has 158 valence electrons. The third-order valence-corrected chi connectivity index (χ3v) is 4.93. The van der Waals surface area contributed by atoms with Gasteiger partial charge in [0.25, 0.3) is 5.91 Å². The fourth-order valence-corrected chi connectivity index (χ4v) is 3.34. The summed E-state index contributed by atoms with van der Waals surface area (Å²) in [7, 11) is 0. The number of rotatable bonds is 6. The predicted octanol–water partition coefficient (Wildman–Crippen LogP) is 5.01. The lowest BCUT2D eigenvalue weighted by Crippen LogP contribution is -2.37. The maximum atomic E-state index is 12.9. The maximum absolute atomic E-state index is 12.9. The molecule has 1 saturated carbocycles. The zero-order valence-corrected chi connectivity index (χ0v) is 15.5. The molecule has 1 aromatic carbocycles. The number of alkyl halides is 6. The Morgan fingerprint density at radius 1 is 0.964 bits per heavy atom. The summed E-state index contributed by atoms with van der Waals surface area (Å²) in [6, 6.07) is 1.35. The molecule has 1 aromatic rings. The van der Waals surface area contributed by atoms with Gasteiger partial charge in [-0.2, -0.15) is 26.3 Å².